The maximum absolute atomic E-state index is 10.3. The third kappa shape index (κ3) is 17.7. The molecule has 3 nitrogen and oxygen atoms in total. The number of hydrogen-bond donors (Lipinski definition) is 0. The quantitative estimate of drug-likeness (QED) is 0.591. The summed E-state index contributed by atoms with van der Waals surface area (Å²) in [6, 6.07) is 0. The second kappa shape index (κ2) is 9.62. The Balaban J connectivity index is 0. The standard InChI is InChI=1S/C4H10OS.C3H7NO/c1-3-6(5)4-2;1-4(2)3-5/h3-4H2,1-2H3;3H,1-2H3. The van der Waals surface area contributed by atoms with Crippen LogP contribution in [0.1, 0.15) is 13.8 Å². The Morgan fingerprint density at radius 2 is 1.55 bits per heavy atom. The van der Waals surface area contributed by atoms with Gasteiger partial charge in [0.25, 0.3) is 0 Å². The van der Waals surface area contributed by atoms with Crippen molar-refractivity contribution in [3.63, 3.8) is 0 Å². The Morgan fingerprint density at radius 3 is 1.55 bits per heavy atom. The maximum Gasteiger partial charge on any atom is 0.209 e. The van der Waals surface area contributed by atoms with Gasteiger partial charge in [-0.1, -0.05) is 13.8 Å². The summed E-state index contributed by atoms with van der Waals surface area (Å²) in [5, 5.41) is 0. The van der Waals surface area contributed by atoms with Crippen LogP contribution in [0.25, 0.3) is 0 Å². The largest absolute Gasteiger partial charge is 0.351 e. The van der Waals surface area contributed by atoms with Gasteiger partial charge in [-0.3, -0.25) is 9.00 Å². The molecule has 0 bridgehead atoms. The Hall–Kier alpha value is -0.380. The fraction of sp³-hybridized carbons (Fsp3) is 0.857. The van der Waals surface area contributed by atoms with E-state index in [-0.39, 0.29) is 0 Å². The summed E-state index contributed by atoms with van der Waals surface area (Å²) in [5.41, 5.74) is 0. The van der Waals surface area contributed by atoms with Gasteiger partial charge in [0.2, 0.25) is 6.41 Å². The van der Waals surface area contributed by atoms with E-state index < -0.39 is 10.8 Å². The number of nitrogens with zero attached hydrogens (tertiary/aromatic N) is 1. The van der Waals surface area contributed by atoms with Gasteiger partial charge in [-0.25, -0.2) is 0 Å². The second-order valence-electron chi connectivity index (χ2n) is 2.09. The van der Waals surface area contributed by atoms with Crippen molar-refractivity contribution < 1.29 is 9.00 Å². The van der Waals surface area contributed by atoms with Gasteiger partial charge in [-0.15, -0.1) is 0 Å². The summed E-state index contributed by atoms with van der Waals surface area (Å²) in [7, 11) is 2.84. The molecule has 1 amide bonds. The molecule has 0 atom stereocenters. The molecule has 0 aliphatic rings. The summed E-state index contributed by atoms with van der Waals surface area (Å²) in [5.74, 6) is 1.60. The highest BCUT2D eigenvalue weighted by molar-refractivity contribution is 7.84. The number of rotatable bonds is 3. The van der Waals surface area contributed by atoms with Crippen molar-refractivity contribution in [3.05, 3.63) is 0 Å². The van der Waals surface area contributed by atoms with Crippen LogP contribution in [0.4, 0.5) is 0 Å². The van der Waals surface area contributed by atoms with Crippen LogP contribution in [0, 0.1) is 0 Å². The molecule has 0 aromatic heterocycles. The van der Waals surface area contributed by atoms with Crippen LogP contribution < -0.4 is 0 Å². The number of amides is 1. The molecule has 0 spiro atoms. The van der Waals surface area contributed by atoms with E-state index >= 15 is 0 Å². The van der Waals surface area contributed by atoms with E-state index in [9.17, 15) is 9.00 Å². The van der Waals surface area contributed by atoms with E-state index in [4.69, 9.17) is 0 Å². The highest BCUT2D eigenvalue weighted by atomic mass is 32.2. The Morgan fingerprint density at radius 1 is 1.27 bits per heavy atom. The average Bonchev–Trinajstić information content (AvgIpc) is 2.04. The third-order valence-electron chi connectivity index (χ3n) is 0.855. The molecule has 0 fully saturated rings. The van der Waals surface area contributed by atoms with Gasteiger partial charge in [-0.05, 0) is 0 Å². The number of carbonyl (C=O) groups excluding carboxylic acids is 1. The maximum atomic E-state index is 10.3. The third-order valence-corrected chi connectivity index (χ3v) is 2.14. The molecule has 4 heteroatoms. The van der Waals surface area contributed by atoms with Gasteiger partial charge >= 0.3 is 0 Å². The molecule has 0 N–H and O–H groups in total. The molecule has 68 valence electrons. The van der Waals surface area contributed by atoms with Gasteiger partial charge in [0.15, 0.2) is 0 Å². The molecular weight excluding hydrogens is 162 g/mol. The molecule has 0 aliphatic heterocycles. The lowest BCUT2D eigenvalue weighted by atomic mass is 11.0. The van der Waals surface area contributed by atoms with E-state index in [2.05, 4.69) is 0 Å². The van der Waals surface area contributed by atoms with E-state index in [1.54, 1.807) is 14.1 Å². The van der Waals surface area contributed by atoms with Crippen molar-refractivity contribution in [2.75, 3.05) is 25.6 Å². The molecule has 0 unspecified atom stereocenters. The first-order chi connectivity index (χ1) is 5.08. The van der Waals surface area contributed by atoms with Crippen LogP contribution in [0.3, 0.4) is 0 Å². The molecule has 0 aromatic carbocycles. The molecular formula is C7H17NO2S. The Bertz CT molecular complexity index is 109. The topological polar surface area (TPSA) is 37.4 Å². The molecule has 11 heavy (non-hydrogen) atoms. The Kier molecular flexibility index (Phi) is 11.6. The predicted octanol–water partition coefficient (Wildman–Crippen LogP) is 0.479. The summed E-state index contributed by atoms with van der Waals surface area (Å²) in [6.45, 7) is 3.86. The lowest BCUT2D eigenvalue weighted by Gasteiger charge is -1.93. The van der Waals surface area contributed by atoms with Gasteiger partial charge < -0.3 is 4.90 Å². The highest BCUT2D eigenvalue weighted by Gasteiger charge is 1.83. The zero-order chi connectivity index (χ0) is 9.28. The normalized spacial score (nSPS) is 8.45. The van der Waals surface area contributed by atoms with Gasteiger partial charge in [-0.2, -0.15) is 0 Å². The van der Waals surface area contributed by atoms with Crippen LogP contribution in [0.15, 0.2) is 0 Å². The monoisotopic (exact) mass is 179 g/mol. The van der Waals surface area contributed by atoms with Crippen molar-refractivity contribution in [3.8, 4) is 0 Å². The first-order valence-corrected chi connectivity index (χ1v) is 5.03. The van der Waals surface area contributed by atoms with Crippen molar-refractivity contribution >= 4 is 17.2 Å². The highest BCUT2D eigenvalue weighted by Crippen LogP contribution is 1.75. The van der Waals surface area contributed by atoms with Crippen LogP contribution >= 0.6 is 0 Å². The van der Waals surface area contributed by atoms with Crippen LogP contribution in [0.2, 0.25) is 0 Å². The summed E-state index contributed by atoms with van der Waals surface area (Å²) < 4.78 is 10.3. The molecule has 0 rings (SSSR count). The number of carbonyl (C=O) groups is 1. The minimum Gasteiger partial charge on any atom is -0.351 e. The zero-order valence-electron chi connectivity index (χ0n) is 7.66. The molecule has 0 heterocycles. The van der Waals surface area contributed by atoms with Crippen LogP contribution in [0.5, 0.6) is 0 Å². The SMILES string of the molecule is CCS(=O)CC.CN(C)C=O. The van der Waals surface area contributed by atoms with Gasteiger partial charge in [0.1, 0.15) is 0 Å². The van der Waals surface area contributed by atoms with Crippen molar-refractivity contribution in [2.24, 2.45) is 0 Å². The van der Waals surface area contributed by atoms with Crippen LogP contribution in [-0.2, 0) is 15.6 Å². The molecule has 0 radical (unpaired) electrons. The van der Waals surface area contributed by atoms with E-state index in [1.165, 1.54) is 4.90 Å². The van der Waals surface area contributed by atoms with Crippen LogP contribution in [-0.4, -0.2) is 41.1 Å². The first-order valence-electron chi connectivity index (χ1n) is 3.55. The summed E-state index contributed by atoms with van der Waals surface area (Å²) >= 11 is 0. The Labute approximate surface area is 71.2 Å². The molecule has 0 aliphatic carbocycles. The summed E-state index contributed by atoms with van der Waals surface area (Å²) in [6.07, 6.45) is 0.750. The lowest BCUT2D eigenvalue weighted by molar-refractivity contribution is -0.115. The smallest absolute Gasteiger partial charge is 0.209 e. The molecule has 0 saturated carbocycles. The average molecular weight is 179 g/mol. The summed E-state index contributed by atoms with van der Waals surface area (Å²) in [4.78, 5) is 10.9. The minimum absolute atomic E-state index is 0.534. The fourth-order valence-electron chi connectivity index (χ4n) is 0.204. The zero-order valence-corrected chi connectivity index (χ0v) is 8.48. The van der Waals surface area contributed by atoms with E-state index in [1.807, 2.05) is 13.8 Å². The van der Waals surface area contributed by atoms with Crippen molar-refractivity contribution in [2.45, 2.75) is 13.8 Å². The van der Waals surface area contributed by atoms with Gasteiger partial charge in [0, 0.05) is 36.4 Å². The minimum atomic E-state index is -0.534. The van der Waals surface area contributed by atoms with E-state index in [0.29, 0.717) is 0 Å². The molecule has 0 aromatic rings. The second-order valence-corrected chi connectivity index (χ2v) is 4.12. The number of hydrogen-bond acceptors (Lipinski definition) is 2. The van der Waals surface area contributed by atoms with Gasteiger partial charge in [0.05, 0.1) is 0 Å². The van der Waals surface area contributed by atoms with Crippen molar-refractivity contribution in [1.29, 1.82) is 0 Å². The van der Waals surface area contributed by atoms with Crippen molar-refractivity contribution in [1.82, 2.24) is 4.90 Å². The predicted molar refractivity (Wildman–Crippen MR) is 49.0 cm³/mol. The lowest BCUT2D eigenvalue weighted by Crippen LogP contribution is -2.06. The first kappa shape index (κ1) is 13.2. The fourth-order valence-corrected chi connectivity index (χ4v) is 0.612. The van der Waals surface area contributed by atoms with E-state index in [0.717, 1.165) is 17.9 Å². The molecule has 0 saturated heterocycles.